The molecule has 0 spiro atoms. The largest absolute Gasteiger partial charge is 0.378 e. The Bertz CT molecular complexity index is 371. The summed E-state index contributed by atoms with van der Waals surface area (Å²) in [5, 5.41) is 3.43. The van der Waals surface area contributed by atoms with Gasteiger partial charge in [0, 0.05) is 51.9 Å². The van der Waals surface area contributed by atoms with Crippen LogP contribution in [-0.4, -0.2) is 91.8 Å². The minimum absolute atomic E-state index is 0.241. The van der Waals surface area contributed by atoms with Gasteiger partial charge in [0.25, 0.3) is 0 Å². The highest BCUT2D eigenvalue weighted by Crippen LogP contribution is 2.18. The molecule has 0 aliphatic carbocycles. The van der Waals surface area contributed by atoms with E-state index < -0.39 is 0 Å². The molecule has 0 unspecified atom stereocenters. The lowest BCUT2D eigenvalue weighted by Crippen LogP contribution is -2.57. The van der Waals surface area contributed by atoms with Crippen LogP contribution in [0, 0.1) is 0 Å². The number of hydrogen-bond acceptors (Lipinski definition) is 4. The quantitative estimate of drug-likeness (QED) is 0.841. The molecule has 0 aromatic rings. The van der Waals surface area contributed by atoms with Gasteiger partial charge in [-0.05, 0) is 45.7 Å². The van der Waals surface area contributed by atoms with Crippen molar-refractivity contribution in [3.8, 4) is 0 Å². The molecule has 1 N–H and O–H groups in total. The minimum Gasteiger partial charge on any atom is -0.378 e. The third-order valence-corrected chi connectivity index (χ3v) is 5.52. The minimum atomic E-state index is 0.241. The number of hydrogen-bond donors (Lipinski definition) is 1. The fourth-order valence-corrected chi connectivity index (χ4v) is 4.10. The molecular weight excluding hydrogens is 292 g/mol. The van der Waals surface area contributed by atoms with Crippen LogP contribution in [0.4, 0.5) is 4.79 Å². The molecule has 3 fully saturated rings. The lowest BCUT2D eigenvalue weighted by Gasteiger charge is -2.43. The fourth-order valence-electron chi connectivity index (χ4n) is 4.10. The highest BCUT2D eigenvalue weighted by molar-refractivity contribution is 5.74. The molecule has 3 aliphatic rings. The summed E-state index contributed by atoms with van der Waals surface area (Å²) < 4.78 is 5.67. The molecule has 0 aromatic heterocycles. The number of carbonyl (C=O) groups is 1. The van der Waals surface area contributed by atoms with Crippen LogP contribution < -0.4 is 5.32 Å². The van der Waals surface area contributed by atoms with E-state index in [1.54, 1.807) is 0 Å². The van der Waals surface area contributed by atoms with Crippen LogP contribution in [0.25, 0.3) is 0 Å². The van der Waals surface area contributed by atoms with E-state index in [1.807, 2.05) is 11.8 Å². The van der Waals surface area contributed by atoms with Gasteiger partial charge in [-0.2, -0.15) is 0 Å². The first-order chi connectivity index (χ1) is 11.3. The first kappa shape index (κ1) is 17.0. The molecule has 3 saturated heterocycles. The molecule has 2 amide bonds. The zero-order valence-corrected chi connectivity index (χ0v) is 14.5. The SMILES string of the molecule is CCOC1CCN(C(=O)N2CCN(C3CCNCC3)CC2)CC1. The van der Waals surface area contributed by atoms with E-state index in [9.17, 15) is 4.79 Å². The van der Waals surface area contributed by atoms with E-state index in [0.29, 0.717) is 6.10 Å². The number of piperidine rings is 2. The van der Waals surface area contributed by atoms with Crippen molar-refractivity contribution in [2.45, 2.75) is 44.8 Å². The van der Waals surface area contributed by atoms with Crippen LogP contribution in [0.1, 0.15) is 32.6 Å². The molecule has 23 heavy (non-hydrogen) atoms. The molecule has 3 heterocycles. The average molecular weight is 324 g/mol. The van der Waals surface area contributed by atoms with E-state index >= 15 is 0 Å². The molecule has 3 rings (SSSR count). The molecule has 6 heteroatoms. The number of urea groups is 1. The van der Waals surface area contributed by atoms with E-state index in [2.05, 4.69) is 15.1 Å². The van der Waals surface area contributed by atoms with Gasteiger partial charge in [-0.3, -0.25) is 4.90 Å². The molecule has 132 valence electrons. The summed E-state index contributed by atoms with van der Waals surface area (Å²) in [5.74, 6) is 0. The van der Waals surface area contributed by atoms with Crippen molar-refractivity contribution in [3.05, 3.63) is 0 Å². The van der Waals surface area contributed by atoms with Crippen LogP contribution in [0.2, 0.25) is 0 Å². The van der Waals surface area contributed by atoms with Crippen LogP contribution in [0.5, 0.6) is 0 Å². The highest BCUT2D eigenvalue weighted by Gasteiger charge is 2.30. The van der Waals surface area contributed by atoms with Gasteiger partial charge in [0.15, 0.2) is 0 Å². The van der Waals surface area contributed by atoms with Gasteiger partial charge in [0.1, 0.15) is 0 Å². The third kappa shape index (κ3) is 4.37. The van der Waals surface area contributed by atoms with Gasteiger partial charge >= 0.3 is 6.03 Å². The second-order valence-corrected chi connectivity index (χ2v) is 6.93. The topological polar surface area (TPSA) is 48.1 Å². The van der Waals surface area contributed by atoms with E-state index in [-0.39, 0.29) is 6.03 Å². The summed E-state index contributed by atoms with van der Waals surface area (Å²) in [5.41, 5.74) is 0. The van der Waals surface area contributed by atoms with Crippen molar-refractivity contribution in [2.75, 3.05) is 59.0 Å². The maximum Gasteiger partial charge on any atom is 0.320 e. The van der Waals surface area contributed by atoms with Crippen molar-refractivity contribution in [3.63, 3.8) is 0 Å². The van der Waals surface area contributed by atoms with Crippen LogP contribution in [0.15, 0.2) is 0 Å². The maximum atomic E-state index is 12.7. The Morgan fingerprint density at radius 1 is 0.957 bits per heavy atom. The average Bonchev–Trinajstić information content (AvgIpc) is 2.63. The number of ether oxygens (including phenoxy) is 1. The van der Waals surface area contributed by atoms with Crippen LogP contribution in [-0.2, 0) is 4.74 Å². The summed E-state index contributed by atoms with van der Waals surface area (Å²) >= 11 is 0. The molecule has 0 saturated carbocycles. The van der Waals surface area contributed by atoms with Gasteiger partial charge in [-0.1, -0.05) is 0 Å². The predicted octanol–water partition coefficient (Wildman–Crippen LogP) is 0.977. The monoisotopic (exact) mass is 324 g/mol. The lowest BCUT2D eigenvalue weighted by atomic mass is 10.0. The molecular formula is C17H32N4O2. The van der Waals surface area contributed by atoms with Crippen molar-refractivity contribution in [2.24, 2.45) is 0 Å². The van der Waals surface area contributed by atoms with E-state index in [0.717, 1.165) is 77.8 Å². The molecule has 0 aromatic carbocycles. The second-order valence-electron chi connectivity index (χ2n) is 6.93. The molecule has 0 radical (unpaired) electrons. The van der Waals surface area contributed by atoms with Crippen LogP contribution in [0.3, 0.4) is 0 Å². The van der Waals surface area contributed by atoms with Gasteiger partial charge in [-0.25, -0.2) is 4.79 Å². The summed E-state index contributed by atoms with van der Waals surface area (Å²) in [6.45, 7) is 10.6. The first-order valence-electron chi connectivity index (χ1n) is 9.38. The standard InChI is InChI=1S/C17H32N4O2/c1-2-23-16-5-9-20(10-6-16)17(22)21-13-11-19(12-14-21)15-3-7-18-8-4-15/h15-16,18H,2-14H2,1H3. The molecule has 0 bridgehead atoms. The van der Waals surface area contributed by atoms with Crippen LogP contribution >= 0.6 is 0 Å². The normalized spacial score (nSPS) is 25.8. The van der Waals surface area contributed by atoms with Gasteiger partial charge in [0.2, 0.25) is 0 Å². The number of likely N-dealkylation sites (tertiary alicyclic amines) is 1. The lowest BCUT2D eigenvalue weighted by molar-refractivity contribution is 0.0152. The Morgan fingerprint density at radius 2 is 1.57 bits per heavy atom. The number of piperazine rings is 1. The fraction of sp³-hybridized carbons (Fsp3) is 0.941. The highest BCUT2D eigenvalue weighted by atomic mass is 16.5. The zero-order valence-electron chi connectivity index (χ0n) is 14.5. The summed E-state index contributed by atoms with van der Waals surface area (Å²) in [4.78, 5) is 19.4. The molecule has 6 nitrogen and oxygen atoms in total. The first-order valence-corrected chi connectivity index (χ1v) is 9.38. The number of nitrogens with zero attached hydrogens (tertiary/aromatic N) is 3. The summed E-state index contributed by atoms with van der Waals surface area (Å²) in [6.07, 6.45) is 4.81. The Hall–Kier alpha value is -0.850. The van der Waals surface area contributed by atoms with E-state index in [4.69, 9.17) is 4.74 Å². The van der Waals surface area contributed by atoms with Crippen molar-refractivity contribution in [1.29, 1.82) is 0 Å². The maximum absolute atomic E-state index is 12.7. The number of carbonyl (C=O) groups excluding carboxylic acids is 1. The Kier molecular flexibility index (Phi) is 6.14. The molecule has 0 atom stereocenters. The summed E-state index contributed by atoms with van der Waals surface area (Å²) in [7, 11) is 0. The predicted molar refractivity (Wildman–Crippen MR) is 90.7 cm³/mol. The van der Waals surface area contributed by atoms with Crippen molar-refractivity contribution < 1.29 is 9.53 Å². The summed E-state index contributed by atoms with van der Waals surface area (Å²) in [6, 6.07) is 0.959. The van der Waals surface area contributed by atoms with Crippen molar-refractivity contribution in [1.82, 2.24) is 20.0 Å². The number of amides is 2. The van der Waals surface area contributed by atoms with Gasteiger partial charge in [0.05, 0.1) is 6.10 Å². The third-order valence-electron chi connectivity index (χ3n) is 5.52. The Morgan fingerprint density at radius 3 is 2.17 bits per heavy atom. The molecule has 3 aliphatic heterocycles. The number of rotatable bonds is 3. The van der Waals surface area contributed by atoms with Gasteiger partial charge in [-0.15, -0.1) is 0 Å². The van der Waals surface area contributed by atoms with E-state index in [1.165, 1.54) is 12.8 Å². The number of nitrogens with one attached hydrogen (secondary N) is 1. The Labute approximate surface area is 140 Å². The van der Waals surface area contributed by atoms with Gasteiger partial charge < -0.3 is 19.9 Å². The second kappa shape index (κ2) is 8.31. The Balaban J connectivity index is 1.41. The smallest absolute Gasteiger partial charge is 0.320 e. The zero-order chi connectivity index (χ0) is 16.1. The van der Waals surface area contributed by atoms with Crippen molar-refractivity contribution >= 4 is 6.03 Å².